The maximum atomic E-state index is 14.2. The van der Waals surface area contributed by atoms with Crippen molar-refractivity contribution in [2.45, 2.75) is 37.7 Å². The number of halogens is 1. The number of hydrogen-bond acceptors (Lipinski definition) is 3. The van der Waals surface area contributed by atoms with Crippen LogP contribution < -0.4 is 14.2 Å². The highest BCUT2D eigenvalue weighted by Gasteiger charge is 2.46. The molecule has 1 heterocycles. The summed E-state index contributed by atoms with van der Waals surface area (Å²) in [4.78, 5) is 0. The maximum absolute atomic E-state index is 14.2. The lowest BCUT2D eigenvalue weighted by atomic mass is 9.71. The largest absolute Gasteiger partial charge is 0.497 e. The van der Waals surface area contributed by atoms with Crippen molar-refractivity contribution in [3.8, 4) is 28.4 Å². The number of rotatable bonds is 6. The van der Waals surface area contributed by atoms with E-state index in [9.17, 15) is 4.39 Å². The zero-order valence-electron chi connectivity index (χ0n) is 24.3. The van der Waals surface area contributed by atoms with Gasteiger partial charge in [-0.15, -0.1) is 0 Å². The van der Waals surface area contributed by atoms with Crippen LogP contribution in [0.15, 0.2) is 97.1 Å². The van der Waals surface area contributed by atoms with Gasteiger partial charge in [-0.25, -0.2) is 4.39 Å². The Morgan fingerprint density at radius 2 is 1.38 bits per heavy atom. The molecule has 1 aliphatic heterocycles. The Labute approximate surface area is 246 Å². The summed E-state index contributed by atoms with van der Waals surface area (Å²) in [5.41, 5.74) is 6.98. The van der Waals surface area contributed by atoms with E-state index in [-0.39, 0.29) is 11.2 Å². The topological polar surface area (TPSA) is 27.7 Å². The summed E-state index contributed by atoms with van der Waals surface area (Å²) in [6, 6.07) is 29.6. The third kappa shape index (κ3) is 3.57. The van der Waals surface area contributed by atoms with Crippen LogP contribution in [0.25, 0.3) is 28.0 Å². The lowest BCUT2D eigenvalue weighted by Crippen LogP contribution is -2.35. The molecule has 5 aromatic rings. The van der Waals surface area contributed by atoms with Crippen LogP contribution in [0.2, 0.25) is 0 Å². The molecule has 0 saturated heterocycles. The quantitative estimate of drug-likeness (QED) is 0.208. The number of benzene rings is 5. The molecule has 2 aliphatic rings. The van der Waals surface area contributed by atoms with E-state index in [0.29, 0.717) is 0 Å². The highest BCUT2D eigenvalue weighted by molar-refractivity contribution is 6.09. The Morgan fingerprint density at radius 3 is 2.05 bits per heavy atom. The minimum absolute atomic E-state index is 0.145. The van der Waals surface area contributed by atoms with Crippen molar-refractivity contribution in [3.05, 3.63) is 131 Å². The predicted octanol–water partition coefficient (Wildman–Crippen LogP) is 9.43. The van der Waals surface area contributed by atoms with Gasteiger partial charge in [0.25, 0.3) is 0 Å². The minimum atomic E-state index is -0.982. The van der Waals surface area contributed by atoms with Crippen LogP contribution >= 0.6 is 0 Å². The summed E-state index contributed by atoms with van der Waals surface area (Å²) >= 11 is 0. The Bertz CT molecular complexity index is 1850. The maximum Gasteiger partial charge on any atom is 0.178 e. The second-order valence-corrected chi connectivity index (χ2v) is 11.1. The fourth-order valence-electron chi connectivity index (χ4n) is 7.28. The van der Waals surface area contributed by atoms with Gasteiger partial charge in [0.2, 0.25) is 0 Å². The van der Waals surface area contributed by atoms with E-state index in [1.165, 1.54) is 34.4 Å². The van der Waals surface area contributed by atoms with E-state index in [0.717, 1.165) is 57.6 Å². The first-order chi connectivity index (χ1) is 20.5. The zero-order valence-corrected chi connectivity index (χ0v) is 24.3. The summed E-state index contributed by atoms with van der Waals surface area (Å²) in [7, 11) is 3.35. The fourth-order valence-corrected chi connectivity index (χ4v) is 7.28. The summed E-state index contributed by atoms with van der Waals surface area (Å²) < 4.78 is 32.7. The van der Waals surface area contributed by atoms with Gasteiger partial charge in [0.1, 0.15) is 23.1 Å². The Morgan fingerprint density at radius 1 is 0.738 bits per heavy atom. The second kappa shape index (κ2) is 9.77. The highest BCUT2D eigenvalue weighted by atomic mass is 19.1. The summed E-state index contributed by atoms with van der Waals surface area (Å²) in [6.45, 7) is 4.57. The molecule has 1 unspecified atom stereocenters. The molecule has 210 valence electrons. The molecule has 0 aromatic heterocycles. The van der Waals surface area contributed by atoms with E-state index >= 15 is 0 Å². The zero-order chi connectivity index (χ0) is 29.1. The van der Waals surface area contributed by atoms with Crippen LogP contribution in [0.5, 0.6) is 17.2 Å². The van der Waals surface area contributed by atoms with Gasteiger partial charge >= 0.3 is 0 Å². The van der Waals surface area contributed by atoms with Crippen molar-refractivity contribution in [3.63, 3.8) is 0 Å². The second-order valence-electron chi connectivity index (χ2n) is 11.1. The van der Waals surface area contributed by atoms with Gasteiger partial charge in [0, 0.05) is 27.5 Å². The average Bonchev–Trinajstić information content (AvgIpc) is 3.35. The van der Waals surface area contributed by atoms with Crippen molar-refractivity contribution < 1.29 is 18.6 Å². The SMILES string of the molecule is CCC1(CC)c2ccccc2-c2c1c1c(c3cc(OC)ccc23)OC(c2ccc(F)cc2)(c2ccc(OC)cc2)C=C1. The van der Waals surface area contributed by atoms with Gasteiger partial charge in [-0.3, -0.25) is 0 Å². The first-order valence-corrected chi connectivity index (χ1v) is 14.6. The van der Waals surface area contributed by atoms with Crippen molar-refractivity contribution >= 4 is 16.8 Å². The van der Waals surface area contributed by atoms with E-state index in [1.807, 2.05) is 42.5 Å². The highest BCUT2D eigenvalue weighted by Crippen LogP contribution is 2.60. The van der Waals surface area contributed by atoms with Gasteiger partial charge in [-0.2, -0.15) is 0 Å². The molecule has 0 saturated carbocycles. The molecule has 0 fully saturated rings. The summed E-state index contributed by atoms with van der Waals surface area (Å²) in [5.74, 6) is 2.05. The van der Waals surface area contributed by atoms with Gasteiger partial charge < -0.3 is 14.2 Å². The molecule has 0 spiro atoms. The van der Waals surface area contributed by atoms with Crippen LogP contribution in [0.3, 0.4) is 0 Å². The molecular formula is C38H33FO3. The monoisotopic (exact) mass is 556 g/mol. The Balaban J connectivity index is 1.58. The summed E-state index contributed by atoms with van der Waals surface area (Å²) in [5, 5.41) is 2.13. The smallest absolute Gasteiger partial charge is 0.178 e. The third-order valence-corrected chi connectivity index (χ3v) is 9.44. The molecule has 7 rings (SSSR count). The lowest BCUT2D eigenvalue weighted by molar-refractivity contribution is 0.163. The molecule has 0 amide bonds. The van der Waals surface area contributed by atoms with Crippen LogP contribution in [0.1, 0.15) is 54.5 Å². The van der Waals surface area contributed by atoms with Crippen molar-refractivity contribution in [1.29, 1.82) is 0 Å². The molecule has 0 N–H and O–H groups in total. The number of hydrogen-bond donors (Lipinski definition) is 0. The van der Waals surface area contributed by atoms with Gasteiger partial charge in [0.05, 0.1) is 14.2 Å². The van der Waals surface area contributed by atoms with Gasteiger partial charge in [-0.05, 0) is 89.0 Å². The lowest BCUT2D eigenvalue weighted by Gasteiger charge is -2.39. The molecule has 42 heavy (non-hydrogen) atoms. The van der Waals surface area contributed by atoms with Crippen molar-refractivity contribution in [2.24, 2.45) is 0 Å². The molecule has 0 bridgehead atoms. The number of fused-ring (bicyclic) bond motifs is 8. The van der Waals surface area contributed by atoms with Crippen LogP contribution in [0, 0.1) is 5.82 Å². The van der Waals surface area contributed by atoms with Gasteiger partial charge in [-0.1, -0.05) is 68.5 Å². The van der Waals surface area contributed by atoms with Crippen LogP contribution in [0.4, 0.5) is 4.39 Å². The molecule has 0 radical (unpaired) electrons. The third-order valence-electron chi connectivity index (χ3n) is 9.44. The predicted molar refractivity (Wildman–Crippen MR) is 167 cm³/mol. The van der Waals surface area contributed by atoms with Gasteiger partial charge in [0.15, 0.2) is 5.60 Å². The van der Waals surface area contributed by atoms with Crippen molar-refractivity contribution in [1.82, 2.24) is 0 Å². The van der Waals surface area contributed by atoms with Crippen LogP contribution in [-0.4, -0.2) is 14.2 Å². The Kier molecular flexibility index (Phi) is 6.12. The Hall–Kier alpha value is -4.57. The number of methoxy groups -OCH3 is 2. The summed E-state index contributed by atoms with van der Waals surface area (Å²) in [6.07, 6.45) is 6.31. The molecule has 3 nitrogen and oxygen atoms in total. The fraction of sp³-hybridized carbons (Fsp3) is 0.211. The standard InChI is InChI=1S/C38H33FO3/c1-5-37(6-2)33-10-8-7-9-30(33)34-29-20-19-28(41-4)23-32(29)36-31(35(34)37)21-22-38(42-36,24-11-15-26(39)16-12-24)25-13-17-27(40-3)18-14-25/h7-23H,5-6H2,1-4H3. The first-order valence-electron chi connectivity index (χ1n) is 14.6. The molecule has 1 aliphatic carbocycles. The molecule has 4 heteroatoms. The minimum Gasteiger partial charge on any atom is -0.497 e. The van der Waals surface area contributed by atoms with Crippen LogP contribution in [-0.2, 0) is 11.0 Å². The average molecular weight is 557 g/mol. The van der Waals surface area contributed by atoms with E-state index in [1.54, 1.807) is 14.2 Å². The van der Waals surface area contributed by atoms with Crippen molar-refractivity contribution in [2.75, 3.05) is 14.2 Å². The van der Waals surface area contributed by atoms with E-state index in [2.05, 4.69) is 62.4 Å². The molecular weight excluding hydrogens is 523 g/mol. The normalized spacial score (nSPS) is 17.7. The molecule has 1 atom stereocenters. The first kappa shape index (κ1) is 26.3. The van der Waals surface area contributed by atoms with E-state index in [4.69, 9.17) is 14.2 Å². The molecule has 5 aromatic carbocycles. The van der Waals surface area contributed by atoms with E-state index < -0.39 is 5.60 Å². The number of ether oxygens (including phenoxy) is 3.